The predicted molar refractivity (Wildman–Crippen MR) is 173 cm³/mol. The predicted octanol–water partition coefficient (Wildman–Crippen LogP) is -5.10. The SMILES string of the molecule is CC[C@H](C)[C@H](NC(=O)[C@H](CCCCN)NC(=O)[C@@H](NC(=O)[C@@H](N)CCC(N)=O)[C@@H](C)O)C(=O)N[C@H](C(=O)N[C@@H](CC(=O)O)C(N)=O)[C@@H](C)O. The summed E-state index contributed by atoms with van der Waals surface area (Å²) in [4.78, 5) is 99.4. The van der Waals surface area contributed by atoms with Crippen LogP contribution in [0, 0.1) is 5.92 Å². The van der Waals surface area contributed by atoms with Crippen LogP contribution in [0.3, 0.4) is 0 Å². The fourth-order valence-corrected chi connectivity index (χ4v) is 4.38. The van der Waals surface area contributed by atoms with Gasteiger partial charge in [-0.1, -0.05) is 20.3 Å². The molecular formula is C29H53N9O11. The molecule has 0 aromatic heterocycles. The molecule has 0 bridgehead atoms. The van der Waals surface area contributed by atoms with E-state index in [0.717, 1.165) is 6.92 Å². The number of carboxylic acids is 1. The van der Waals surface area contributed by atoms with Crippen molar-refractivity contribution in [2.75, 3.05) is 6.54 Å². The van der Waals surface area contributed by atoms with E-state index in [0.29, 0.717) is 19.3 Å². The number of carbonyl (C=O) groups is 8. The lowest BCUT2D eigenvalue weighted by molar-refractivity contribution is -0.141. The highest BCUT2D eigenvalue weighted by Crippen LogP contribution is 2.12. The van der Waals surface area contributed by atoms with Gasteiger partial charge in [0.25, 0.3) is 0 Å². The summed E-state index contributed by atoms with van der Waals surface area (Å²) in [7, 11) is 0. The quantitative estimate of drug-likeness (QED) is 0.0419. The number of nitrogens with one attached hydrogen (secondary N) is 5. The summed E-state index contributed by atoms with van der Waals surface area (Å²) in [5, 5.41) is 41.2. The molecule has 0 aliphatic carbocycles. The summed E-state index contributed by atoms with van der Waals surface area (Å²) in [6, 6.07) is -8.78. The Morgan fingerprint density at radius 3 is 1.55 bits per heavy atom. The topological polar surface area (TPSA) is 361 Å². The van der Waals surface area contributed by atoms with Crippen LogP contribution in [0.25, 0.3) is 0 Å². The van der Waals surface area contributed by atoms with Crippen LogP contribution in [0.15, 0.2) is 0 Å². The summed E-state index contributed by atoms with van der Waals surface area (Å²) >= 11 is 0. The summed E-state index contributed by atoms with van der Waals surface area (Å²) in [5.74, 6) is -8.57. The number of aliphatic hydroxyl groups is 2. The third-order valence-electron chi connectivity index (χ3n) is 7.58. The van der Waals surface area contributed by atoms with Gasteiger partial charge in [-0.25, -0.2) is 0 Å². The van der Waals surface area contributed by atoms with E-state index in [2.05, 4.69) is 26.6 Å². The highest BCUT2D eigenvalue weighted by Gasteiger charge is 2.36. The van der Waals surface area contributed by atoms with Gasteiger partial charge >= 0.3 is 5.97 Å². The molecule has 0 radical (unpaired) electrons. The van der Waals surface area contributed by atoms with Gasteiger partial charge in [0.2, 0.25) is 41.4 Å². The molecule has 7 amide bonds. The van der Waals surface area contributed by atoms with Gasteiger partial charge in [-0.15, -0.1) is 0 Å². The maximum atomic E-state index is 13.6. The fourth-order valence-electron chi connectivity index (χ4n) is 4.38. The molecule has 0 aliphatic rings. The second kappa shape index (κ2) is 22.3. The van der Waals surface area contributed by atoms with Crippen LogP contribution in [0.4, 0.5) is 0 Å². The first-order valence-electron chi connectivity index (χ1n) is 15.9. The van der Waals surface area contributed by atoms with E-state index < -0.39 is 108 Å². The Morgan fingerprint density at radius 2 is 1.12 bits per heavy atom. The second-order valence-corrected chi connectivity index (χ2v) is 11.8. The molecule has 49 heavy (non-hydrogen) atoms. The van der Waals surface area contributed by atoms with E-state index in [1.807, 2.05) is 0 Å². The number of carbonyl (C=O) groups excluding carboxylic acids is 7. The van der Waals surface area contributed by atoms with Gasteiger partial charge in [0.1, 0.15) is 30.2 Å². The highest BCUT2D eigenvalue weighted by molar-refractivity contribution is 5.97. The minimum Gasteiger partial charge on any atom is -0.481 e. The van der Waals surface area contributed by atoms with Gasteiger partial charge < -0.3 is 64.8 Å². The number of primary amides is 2. The number of nitrogens with two attached hydrogens (primary N) is 4. The van der Waals surface area contributed by atoms with Crippen molar-refractivity contribution in [1.82, 2.24) is 26.6 Å². The van der Waals surface area contributed by atoms with Gasteiger partial charge in [0.05, 0.1) is 24.7 Å². The number of aliphatic carboxylic acids is 1. The zero-order valence-electron chi connectivity index (χ0n) is 28.3. The maximum absolute atomic E-state index is 13.6. The van der Waals surface area contributed by atoms with Crippen LogP contribution in [-0.4, -0.2) is 118 Å². The van der Waals surface area contributed by atoms with Crippen LogP contribution in [0.5, 0.6) is 0 Å². The average Bonchev–Trinajstić information content (AvgIpc) is 3.01. The average molecular weight is 704 g/mol. The first kappa shape index (κ1) is 44.6. The lowest BCUT2D eigenvalue weighted by Crippen LogP contribution is -2.62. The summed E-state index contributed by atoms with van der Waals surface area (Å²) in [6.45, 7) is 5.96. The molecule has 9 atom stereocenters. The third-order valence-corrected chi connectivity index (χ3v) is 7.58. The van der Waals surface area contributed by atoms with Crippen molar-refractivity contribution in [1.29, 1.82) is 0 Å². The van der Waals surface area contributed by atoms with Crippen molar-refractivity contribution in [2.24, 2.45) is 28.9 Å². The summed E-state index contributed by atoms with van der Waals surface area (Å²) in [6.07, 6.45) is -3.00. The first-order valence-corrected chi connectivity index (χ1v) is 15.9. The van der Waals surface area contributed by atoms with Crippen molar-refractivity contribution in [3.8, 4) is 0 Å². The molecular weight excluding hydrogens is 650 g/mol. The van der Waals surface area contributed by atoms with Gasteiger partial charge in [0.15, 0.2) is 0 Å². The smallest absolute Gasteiger partial charge is 0.305 e. The van der Waals surface area contributed by atoms with Crippen LogP contribution < -0.4 is 49.5 Å². The number of rotatable bonds is 24. The number of aliphatic hydroxyl groups excluding tert-OH is 2. The molecule has 280 valence electrons. The summed E-state index contributed by atoms with van der Waals surface area (Å²) in [5.41, 5.74) is 21.6. The standard InChI is InChI=1S/C29H53N9O11/c1-5-13(2)21(27(47)38-23(15(4)40)29(49)35-18(24(33)44)12-20(42)43)36-26(46)17(8-6-7-11-30)34-28(48)22(14(3)39)37-25(45)16(31)9-10-19(32)41/h13-18,21-23,39-40H,5-12,30-31H2,1-4H3,(H2,32,41)(H2,33,44)(H,34,48)(H,35,49)(H,36,46)(H,37,45)(H,38,47)(H,42,43)/t13-,14+,15+,16-,17-,18-,21-,22-,23-/m0/s1. The molecule has 20 heteroatoms. The Bertz CT molecular complexity index is 1170. The summed E-state index contributed by atoms with van der Waals surface area (Å²) < 4.78 is 0. The van der Waals surface area contributed by atoms with Gasteiger partial charge in [-0.2, -0.15) is 0 Å². The molecule has 0 fully saturated rings. The van der Waals surface area contributed by atoms with Crippen LogP contribution in [0.1, 0.15) is 72.6 Å². The monoisotopic (exact) mass is 703 g/mol. The molecule has 0 aromatic carbocycles. The Balaban J connectivity index is 6.09. The Hall–Kier alpha value is -4.40. The first-order chi connectivity index (χ1) is 22.8. The highest BCUT2D eigenvalue weighted by atomic mass is 16.4. The second-order valence-electron chi connectivity index (χ2n) is 11.8. The van der Waals surface area contributed by atoms with Crippen LogP contribution in [-0.2, 0) is 38.4 Å². The van der Waals surface area contributed by atoms with Crippen LogP contribution in [0.2, 0.25) is 0 Å². The lowest BCUT2D eigenvalue weighted by atomic mass is 9.96. The molecule has 0 rings (SSSR count). The van der Waals surface area contributed by atoms with Gasteiger partial charge in [0, 0.05) is 6.42 Å². The number of unbranched alkanes of at least 4 members (excludes halogenated alkanes) is 1. The van der Waals surface area contributed by atoms with Crippen molar-refractivity contribution in [2.45, 2.75) is 121 Å². The molecule has 16 N–H and O–H groups in total. The minimum atomic E-state index is -1.70. The van der Waals surface area contributed by atoms with Gasteiger partial charge in [-0.3, -0.25) is 38.4 Å². The van der Waals surface area contributed by atoms with E-state index >= 15 is 0 Å². The molecule has 20 nitrogen and oxygen atoms in total. The Morgan fingerprint density at radius 1 is 0.653 bits per heavy atom. The number of hydrogen-bond acceptors (Lipinski definition) is 12. The molecule has 0 saturated carbocycles. The number of carboxylic acid groups (broad SMARTS) is 1. The minimum absolute atomic E-state index is 0.0268. The van der Waals surface area contributed by atoms with Crippen LogP contribution >= 0.6 is 0 Å². The lowest BCUT2D eigenvalue weighted by Gasteiger charge is -2.30. The molecule has 0 aliphatic heterocycles. The van der Waals surface area contributed by atoms with Crippen molar-refractivity contribution in [3.05, 3.63) is 0 Å². The van der Waals surface area contributed by atoms with E-state index in [9.17, 15) is 48.6 Å². The normalized spacial score (nSPS) is 16.6. The zero-order valence-corrected chi connectivity index (χ0v) is 28.3. The molecule has 0 aromatic rings. The molecule has 0 spiro atoms. The molecule has 0 unspecified atom stereocenters. The van der Waals surface area contributed by atoms with Gasteiger partial charge in [-0.05, 0) is 52.0 Å². The third kappa shape index (κ3) is 16.5. The van der Waals surface area contributed by atoms with Crippen molar-refractivity contribution < 1.29 is 53.7 Å². The Labute approximate surface area is 284 Å². The number of amides is 7. The van der Waals surface area contributed by atoms with E-state index in [4.69, 9.17) is 28.0 Å². The zero-order chi connectivity index (χ0) is 38.0. The van der Waals surface area contributed by atoms with E-state index in [-0.39, 0.29) is 25.8 Å². The molecule has 0 saturated heterocycles. The van der Waals surface area contributed by atoms with Crippen molar-refractivity contribution in [3.63, 3.8) is 0 Å². The van der Waals surface area contributed by atoms with Crippen molar-refractivity contribution >= 4 is 47.3 Å². The largest absolute Gasteiger partial charge is 0.481 e. The van der Waals surface area contributed by atoms with E-state index in [1.165, 1.54) is 6.92 Å². The maximum Gasteiger partial charge on any atom is 0.305 e. The Kier molecular flexibility index (Phi) is 20.3. The fraction of sp³-hybridized carbons (Fsp3) is 0.724. The number of hydrogen-bond donors (Lipinski definition) is 12. The molecule has 0 heterocycles. The van der Waals surface area contributed by atoms with E-state index in [1.54, 1.807) is 13.8 Å².